The molecule has 0 heterocycles. The molecule has 0 unspecified atom stereocenters. The molecule has 0 aliphatic rings. The van der Waals surface area contributed by atoms with Gasteiger partial charge in [0, 0.05) is 51.8 Å². The second-order valence-electron chi connectivity index (χ2n) is 7.63. The highest BCUT2D eigenvalue weighted by Crippen LogP contribution is 2.11. The number of carboxylic acids is 3. The maximum absolute atomic E-state index is 11.2. The molecule has 0 aromatic carbocycles. The van der Waals surface area contributed by atoms with Gasteiger partial charge >= 0.3 is 17.9 Å². The molecule has 0 aromatic heterocycles. The number of carboxylic acid groups (broad SMARTS) is 3. The fourth-order valence-corrected chi connectivity index (χ4v) is 3.26. The Labute approximate surface area is 187 Å². The largest absolute Gasteiger partial charge is 0.480 e. The maximum atomic E-state index is 11.2. The van der Waals surface area contributed by atoms with Crippen molar-refractivity contribution in [1.82, 2.24) is 14.7 Å². The van der Waals surface area contributed by atoms with Gasteiger partial charge in [0.1, 0.15) is 0 Å². The van der Waals surface area contributed by atoms with E-state index in [0.717, 1.165) is 0 Å². The van der Waals surface area contributed by atoms with Crippen LogP contribution in [0.1, 0.15) is 12.8 Å². The van der Waals surface area contributed by atoms with Crippen LogP contribution >= 0.6 is 0 Å². The number of aliphatic carboxylic acids is 3. The summed E-state index contributed by atoms with van der Waals surface area (Å²) in [6.07, 6.45) is -0.199. The van der Waals surface area contributed by atoms with Crippen LogP contribution in [0.4, 0.5) is 0 Å². The van der Waals surface area contributed by atoms with Gasteiger partial charge in [-0.1, -0.05) is 0 Å². The number of nitrogens with zero attached hydrogens (tertiary/aromatic N) is 3. The van der Waals surface area contributed by atoms with Gasteiger partial charge in [-0.05, 0) is 19.4 Å². The molecule has 0 spiro atoms. The normalized spacial score (nSPS) is 13.6. The van der Waals surface area contributed by atoms with Gasteiger partial charge in [0.25, 0.3) is 0 Å². The first kappa shape index (κ1) is 30.1. The average molecular weight is 467 g/mol. The van der Waals surface area contributed by atoms with Gasteiger partial charge in [-0.15, -0.1) is 0 Å². The number of rotatable bonds is 21. The number of hydrogen-bond donors (Lipinski definition) is 7. The monoisotopic (exact) mass is 466 g/mol. The molecule has 0 radical (unpaired) electrons. The molecule has 188 valence electrons. The first-order chi connectivity index (χ1) is 15.1. The van der Waals surface area contributed by atoms with Crippen molar-refractivity contribution >= 4 is 17.9 Å². The molecule has 0 bridgehead atoms. The van der Waals surface area contributed by atoms with Crippen molar-refractivity contribution in [3.05, 3.63) is 0 Å². The first-order valence-corrected chi connectivity index (χ1v) is 10.5. The summed E-state index contributed by atoms with van der Waals surface area (Å²) in [5, 5.41) is 55.3. The maximum Gasteiger partial charge on any atom is 0.317 e. The molecular formula is C19H38N4O9. The third kappa shape index (κ3) is 15.0. The predicted octanol–water partition coefficient (Wildman–Crippen LogP) is -3.15. The smallest absolute Gasteiger partial charge is 0.317 e. The zero-order valence-corrected chi connectivity index (χ0v) is 18.4. The van der Waals surface area contributed by atoms with Crippen LogP contribution in [-0.4, -0.2) is 148 Å². The molecule has 0 amide bonds. The van der Waals surface area contributed by atoms with Crippen molar-refractivity contribution in [2.24, 2.45) is 11.7 Å². The Morgan fingerprint density at radius 3 is 1.44 bits per heavy atom. The van der Waals surface area contributed by atoms with Gasteiger partial charge in [-0.3, -0.25) is 29.1 Å². The molecule has 32 heavy (non-hydrogen) atoms. The minimum atomic E-state index is -1.05. The summed E-state index contributed by atoms with van der Waals surface area (Å²) in [4.78, 5) is 38.2. The number of hydrogen-bond acceptors (Lipinski definition) is 10. The molecule has 0 aliphatic carbocycles. The van der Waals surface area contributed by atoms with Gasteiger partial charge in [0.05, 0.1) is 32.3 Å². The second-order valence-corrected chi connectivity index (χ2v) is 7.63. The van der Waals surface area contributed by atoms with E-state index in [4.69, 9.17) is 26.2 Å². The molecule has 0 fully saturated rings. The van der Waals surface area contributed by atoms with E-state index < -0.39 is 36.5 Å². The molecule has 0 aliphatic heterocycles. The van der Waals surface area contributed by atoms with Crippen molar-refractivity contribution in [2.75, 3.05) is 78.7 Å². The summed E-state index contributed by atoms with van der Waals surface area (Å²) < 4.78 is 0. The van der Waals surface area contributed by atoms with Gasteiger partial charge < -0.3 is 36.4 Å². The number of carbonyl (C=O) groups is 3. The molecule has 0 aromatic rings. The Balaban J connectivity index is 4.85. The Hall–Kier alpha value is -1.87. The van der Waals surface area contributed by atoms with E-state index in [0.29, 0.717) is 32.5 Å². The average Bonchev–Trinajstić information content (AvgIpc) is 2.71. The van der Waals surface area contributed by atoms with E-state index in [2.05, 4.69) is 0 Å². The third-order valence-electron chi connectivity index (χ3n) is 5.00. The zero-order valence-electron chi connectivity index (χ0n) is 18.4. The number of aliphatic hydroxyl groups is 3. The summed E-state index contributed by atoms with van der Waals surface area (Å²) in [6, 6.07) is 0. The van der Waals surface area contributed by atoms with Crippen molar-refractivity contribution < 1.29 is 45.0 Å². The van der Waals surface area contributed by atoms with Crippen LogP contribution in [0.3, 0.4) is 0 Å². The van der Waals surface area contributed by atoms with Crippen molar-refractivity contribution in [1.29, 1.82) is 0 Å². The van der Waals surface area contributed by atoms with Gasteiger partial charge in [0.15, 0.2) is 0 Å². The highest BCUT2D eigenvalue weighted by molar-refractivity contribution is 5.69. The van der Waals surface area contributed by atoms with Gasteiger partial charge in [-0.25, -0.2) is 0 Å². The minimum absolute atomic E-state index is 0.213. The lowest BCUT2D eigenvalue weighted by Gasteiger charge is -2.28. The van der Waals surface area contributed by atoms with Crippen LogP contribution in [-0.2, 0) is 14.4 Å². The van der Waals surface area contributed by atoms with Crippen LogP contribution in [0.25, 0.3) is 0 Å². The Kier molecular flexibility index (Phi) is 16.6. The Morgan fingerprint density at radius 2 is 1.09 bits per heavy atom. The lowest BCUT2D eigenvalue weighted by molar-refractivity contribution is -0.140. The Bertz CT molecular complexity index is 553. The van der Waals surface area contributed by atoms with Crippen molar-refractivity contribution in [2.45, 2.75) is 18.9 Å². The SMILES string of the molecule is NCCN(CCN(CCN(CCC[C@@H](CO)[C@@H](O)CO)CC(=O)O)CC(=O)O)CC(=O)O. The molecule has 8 N–H and O–H groups in total. The summed E-state index contributed by atoms with van der Waals surface area (Å²) in [5.74, 6) is -3.62. The topological polar surface area (TPSA) is 208 Å². The van der Waals surface area contributed by atoms with E-state index in [1.165, 1.54) is 0 Å². The molecule has 0 rings (SSSR count). The lowest BCUT2D eigenvalue weighted by atomic mass is 9.98. The van der Waals surface area contributed by atoms with Crippen LogP contribution in [0, 0.1) is 5.92 Å². The first-order valence-electron chi connectivity index (χ1n) is 10.5. The fourth-order valence-electron chi connectivity index (χ4n) is 3.26. The van der Waals surface area contributed by atoms with E-state index in [1.807, 2.05) is 0 Å². The van der Waals surface area contributed by atoms with Crippen LogP contribution in [0.5, 0.6) is 0 Å². The highest BCUT2D eigenvalue weighted by Gasteiger charge is 2.19. The zero-order chi connectivity index (χ0) is 24.5. The lowest BCUT2D eigenvalue weighted by Crippen LogP contribution is -2.44. The van der Waals surface area contributed by atoms with Crippen molar-refractivity contribution in [3.8, 4) is 0 Å². The quantitative estimate of drug-likeness (QED) is 0.0892. The second kappa shape index (κ2) is 17.7. The van der Waals surface area contributed by atoms with Crippen LogP contribution in [0.2, 0.25) is 0 Å². The minimum Gasteiger partial charge on any atom is -0.480 e. The van der Waals surface area contributed by atoms with Crippen molar-refractivity contribution in [3.63, 3.8) is 0 Å². The van der Waals surface area contributed by atoms with E-state index in [1.54, 1.807) is 14.7 Å². The summed E-state index contributed by atoms with van der Waals surface area (Å²) in [5.41, 5.74) is 5.49. The molecular weight excluding hydrogens is 428 g/mol. The van der Waals surface area contributed by atoms with Gasteiger partial charge in [-0.2, -0.15) is 0 Å². The van der Waals surface area contributed by atoms with Crippen LogP contribution in [0.15, 0.2) is 0 Å². The van der Waals surface area contributed by atoms with Gasteiger partial charge in [0.2, 0.25) is 0 Å². The summed E-state index contributed by atoms with van der Waals surface area (Å²) in [6.45, 7) is 0.527. The van der Waals surface area contributed by atoms with E-state index in [9.17, 15) is 24.6 Å². The number of aliphatic hydroxyl groups excluding tert-OH is 3. The molecule has 0 saturated heterocycles. The highest BCUT2D eigenvalue weighted by atomic mass is 16.4. The molecule has 0 saturated carbocycles. The summed E-state index contributed by atoms with van der Waals surface area (Å²) >= 11 is 0. The van der Waals surface area contributed by atoms with E-state index >= 15 is 0 Å². The molecule has 2 atom stereocenters. The third-order valence-corrected chi connectivity index (χ3v) is 5.00. The standard InChI is InChI=1S/C19H38N4O9/c20-3-5-22(11-18(29)30)7-9-23(12-19(31)32)8-6-21(10-17(27)28)4-1-2-15(13-24)16(26)14-25/h15-16,24-26H,1-14,20H2,(H,27,28)(H,29,30)(H,31,32)/t15-,16-/m0/s1. The molecule has 13 heteroatoms. The molecule has 13 nitrogen and oxygen atoms in total. The summed E-state index contributed by atoms with van der Waals surface area (Å²) in [7, 11) is 0. The Morgan fingerprint density at radius 1 is 0.688 bits per heavy atom. The van der Waals surface area contributed by atoms with Crippen LogP contribution < -0.4 is 5.73 Å². The predicted molar refractivity (Wildman–Crippen MR) is 114 cm³/mol. The van der Waals surface area contributed by atoms with E-state index in [-0.39, 0.29) is 52.4 Å². The fraction of sp³-hybridized carbons (Fsp3) is 0.842. The number of nitrogens with two attached hydrogens (primary N) is 1.